The van der Waals surface area contributed by atoms with Crippen molar-refractivity contribution in [3.05, 3.63) is 12.2 Å². The lowest BCUT2D eigenvalue weighted by atomic mass is 10.2. The van der Waals surface area contributed by atoms with Crippen molar-refractivity contribution in [1.29, 1.82) is 0 Å². The van der Waals surface area contributed by atoms with Crippen molar-refractivity contribution < 1.29 is 27.9 Å². The zero-order chi connectivity index (χ0) is 17.9. The van der Waals surface area contributed by atoms with E-state index in [4.69, 9.17) is 18.5 Å². The minimum atomic E-state index is -3.11. The maximum Gasteiger partial charge on any atom is 0.413 e. The van der Waals surface area contributed by atoms with Gasteiger partial charge >= 0.3 is 13.7 Å². The third-order valence-electron chi connectivity index (χ3n) is 3.35. The van der Waals surface area contributed by atoms with Gasteiger partial charge in [-0.1, -0.05) is 12.2 Å². The van der Waals surface area contributed by atoms with E-state index in [0.29, 0.717) is 6.61 Å². The summed E-state index contributed by atoms with van der Waals surface area (Å²) >= 11 is 0. The van der Waals surface area contributed by atoms with Crippen LogP contribution in [0.3, 0.4) is 0 Å². The summed E-state index contributed by atoms with van der Waals surface area (Å²) in [5, 5.41) is 0. The summed E-state index contributed by atoms with van der Waals surface area (Å²) < 4.78 is 32.9. The maximum absolute atomic E-state index is 12.4. The molecule has 1 atom stereocenters. The van der Waals surface area contributed by atoms with Gasteiger partial charge in [0.25, 0.3) is 0 Å². The van der Waals surface area contributed by atoms with E-state index >= 15 is 0 Å². The highest BCUT2D eigenvalue weighted by molar-refractivity contribution is 7.54. The molecule has 0 radical (unpaired) electrons. The summed E-state index contributed by atoms with van der Waals surface area (Å²) in [5.41, 5.74) is -1.37. The molecule has 1 aliphatic rings. The fraction of sp³-hybridized carbons (Fsp3) is 0.800. The van der Waals surface area contributed by atoms with Crippen LogP contribution in [0.1, 0.15) is 34.6 Å². The first-order chi connectivity index (χ1) is 10.4. The minimum Gasteiger partial charge on any atom is -0.444 e. The van der Waals surface area contributed by atoms with Crippen LogP contribution in [-0.4, -0.2) is 55.3 Å². The first kappa shape index (κ1) is 20.2. The van der Waals surface area contributed by atoms with Crippen LogP contribution in [0.25, 0.3) is 0 Å². The Bertz CT molecular complexity index is 489. The Balaban J connectivity index is 2.85. The predicted octanol–water partition coefficient (Wildman–Crippen LogP) is 3.40. The van der Waals surface area contributed by atoms with E-state index in [0.717, 1.165) is 0 Å². The van der Waals surface area contributed by atoms with Crippen molar-refractivity contribution in [3.8, 4) is 0 Å². The fourth-order valence-corrected chi connectivity index (χ4v) is 3.04. The Morgan fingerprint density at radius 2 is 1.91 bits per heavy atom. The molecule has 0 unspecified atom stereocenters. The molecule has 1 rings (SSSR count). The molecule has 8 heteroatoms. The average Bonchev–Trinajstić information content (AvgIpc) is 2.71. The second-order valence-electron chi connectivity index (χ2n) is 6.76. The number of hydrogen-bond donors (Lipinski definition) is 0. The summed E-state index contributed by atoms with van der Waals surface area (Å²) in [5.74, 6) is 0. The van der Waals surface area contributed by atoms with Crippen LogP contribution in [-0.2, 0) is 23.1 Å². The molecule has 0 aromatic rings. The van der Waals surface area contributed by atoms with Gasteiger partial charge in [0, 0.05) is 14.2 Å². The van der Waals surface area contributed by atoms with E-state index in [1.165, 1.54) is 14.2 Å². The standard InChI is InChI=1S/C15H28NO6P/c1-14(2,3)22-13(17)16-12(11-21-15(16,4)5)9-8-10-23(18,19-6)20-7/h8-9,12H,10-11H2,1-7H3/b9-8-/t12-/m0/s1. The minimum absolute atomic E-state index is 0.124. The van der Waals surface area contributed by atoms with Crippen LogP contribution in [0.5, 0.6) is 0 Å². The molecule has 1 heterocycles. The van der Waals surface area contributed by atoms with Crippen LogP contribution in [0, 0.1) is 0 Å². The average molecular weight is 349 g/mol. The summed E-state index contributed by atoms with van der Waals surface area (Å²) in [6, 6.07) is -0.304. The van der Waals surface area contributed by atoms with Crippen molar-refractivity contribution in [2.24, 2.45) is 0 Å². The largest absolute Gasteiger partial charge is 0.444 e. The molecule has 1 fully saturated rings. The van der Waals surface area contributed by atoms with Gasteiger partial charge < -0.3 is 18.5 Å². The normalized spacial score (nSPS) is 21.9. The summed E-state index contributed by atoms with van der Waals surface area (Å²) in [6.45, 7) is 9.39. The van der Waals surface area contributed by atoms with E-state index in [1.807, 2.05) is 20.8 Å². The molecule has 7 nitrogen and oxygen atoms in total. The van der Waals surface area contributed by atoms with Crippen molar-refractivity contribution in [3.63, 3.8) is 0 Å². The van der Waals surface area contributed by atoms with Crippen LogP contribution in [0.4, 0.5) is 4.79 Å². The molecule has 0 N–H and O–H groups in total. The topological polar surface area (TPSA) is 74.3 Å². The van der Waals surface area contributed by atoms with Gasteiger partial charge in [0.05, 0.1) is 18.8 Å². The molecule has 0 aliphatic carbocycles. The van der Waals surface area contributed by atoms with Gasteiger partial charge in [-0.25, -0.2) is 4.79 Å². The Morgan fingerprint density at radius 3 is 2.39 bits per heavy atom. The van der Waals surface area contributed by atoms with Crippen LogP contribution in [0.15, 0.2) is 12.2 Å². The Kier molecular flexibility index (Phi) is 6.44. The molecule has 1 aliphatic heterocycles. The zero-order valence-corrected chi connectivity index (χ0v) is 15.9. The number of ether oxygens (including phenoxy) is 2. The van der Waals surface area contributed by atoms with Gasteiger partial charge in [0.1, 0.15) is 11.3 Å². The quantitative estimate of drug-likeness (QED) is 0.559. The number of hydrogen-bond acceptors (Lipinski definition) is 6. The fourth-order valence-electron chi connectivity index (χ4n) is 2.21. The molecule has 0 bridgehead atoms. The number of carbonyl (C=O) groups excluding carboxylic acids is 1. The molecule has 23 heavy (non-hydrogen) atoms. The maximum atomic E-state index is 12.4. The summed E-state index contributed by atoms with van der Waals surface area (Å²) in [7, 11) is -0.429. The Hall–Kier alpha value is -0.880. The predicted molar refractivity (Wildman–Crippen MR) is 87.5 cm³/mol. The van der Waals surface area contributed by atoms with Gasteiger partial charge in [-0.05, 0) is 34.6 Å². The molecule has 1 amide bonds. The SMILES string of the molecule is COP(=O)(C/C=C\[C@H]1COC(C)(C)N1C(=O)OC(C)(C)C)OC. The van der Waals surface area contributed by atoms with Crippen LogP contribution >= 0.6 is 7.60 Å². The molecular formula is C15H28NO6P. The monoisotopic (exact) mass is 349 g/mol. The van der Waals surface area contributed by atoms with Gasteiger partial charge in [-0.2, -0.15) is 0 Å². The second-order valence-corrected chi connectivity index (χ2v) is 9.08. The lowest BCUT2D eigenvalue weighted by Gasteiger charge is -2.34. The van der Waals surface area contributed by atoms with Gasteiger partial charge in [-0.15, -0.1) is 0 Å². The smallest absolute Gasteiger partial charge is 0.413 e. The number of amides is 1. The zero-order valence-electron chi connectivity index (χ0n) is 15.0. The molecule has 0 saturated carbocycles. The number of carbonyl (C=O) groups is 1. The highest BCUT2D eigenvalue weighted by Gasteiger charge is 2.44. The van der Waals surface area contributed by atoms with E-state index in [9.17, 15) is 9.36 Å². The summed E-state index contributed by atoms with van der Waals surface area (Å²) in [4.78, 5) is 14.0. The second kappa shape index (κ2) is 7.34. The molecule has 0 aromatic carbocycles. The Labute approximate surface area is 138 Å². The lowest BCUT2D eigenvalue weighted by Crippen LogP contribution is -2.49. The van der Waals surface area contributed by atoms with Crippen molar-refractivity contribution >= 4 is 13.7 Å². The van der Waals surface area contributed by atoms with Crippen molar-refractivity contribution in [1.82, 2.24) is 4.90 Å². The number of rotatable bonds is 5. The Morgan fingerprint density at radius 1 is 1.35 bits per heavy atom. The molecule has 134 valence electrons. The van der Waals surface area contributed by atoms with Crippen molar-refractivity contribution in [2.75, 3.05) is 27.0 Å². The molecular weight excluding hydrogens is 321 g/mol. The highest BCUT2D eigenvalue weighted by Crippen LogP contribution is 2.46. The van der Waals surface area contributed by atoms with Gasteiger partial charge in [0.2, 0.25) is 0 Å². The highest BCUT2D eigenvalue weighted by atomic mass is 31.2. The lowest BCUT2D eigenvalue weighted by molar-refractivity contribution is -0.0610. The van der Waals surface area contributed by atoms with Crippen molar-refractivity contribution in [2.45, 2.75) is 52.0 Å². The molecule has 0 spiro atoms. The van der Waals surface area contributed by atoms with E-state index < -0.39 is 25.0 Å². The molecule has 1 saturated heterocycles. The molecule has 0 aromatic heterocycles. The first-order valence-corrected chi connectivity index (χ1v) is 9.20. The van der Waals surface area contributed by atoms with Gasteiger partial charge in [0.15, 0.2) is 0 Å². The van der Waals surface area contributed by atoms with Crippen LogP contribution in [0.2, 0.25) is 0 Å². The first-order valence-electron chi connectivity index (χ1n) is 7.47. The number of nitrogens with zero attached hydrogens (tertiary/aromatic N) is 1. The van der Waals surface area contributed by atoms with E-state index in [2.05, 4.69) is 0 Å². The third kappa shape index (κ3) is 5.60. The van der Waals surface area contributed by atoms with E-state index in [-0.39, 0.29) is 12.2 Å². The van der Waals surface area contributed by atoms with Gasteiger partial charge in [-0.3, -0.25) is 9.46 Å². The number of allylic oxidation sites excluding steroid dienone is 1. The third-order valence-corrected chi connectivity index (χ3v) is 5.12. The van der Waals surface area contributed by atoms with E-state index in [1.54, 1.807) is 30.9 Å². The summed E-state index contributed by atoms with van der Waals surface area (Å²) in [6.07, 6.45) is 3.12. The van der Waals surface area contributed by atoms with Crippen LogP contribution < -0.4 is 0 Å².